The highest BCUT2D eigenvalue weighted by atomic mass is 16.5. The zero-order valence-corrected chi connectivity index (χ0v) is 13.5. The van der Waals surface area contributed by atoms with Crippen molar-refractivity contribution in [1.29, 1.82) is 5.26 Å². The van der Waals surface area contributed by atoms with Crippen LogP contribution in [-0.4, -0.2) is 46.2 Å². The van der Waals surface area contributed by atoms with Crippen LogP contribution < -0.4 is 4.90 Å². The lowest BCUT2D eigenvalue weighted by Gasteiger charge is -2.22. The van der Waals surface area contributed by atoms with Crippen LogP contribution in [0.4, 0.5) is 5.82 Å². The van der Waals surface area contributed by atoms with Crippen molar-refractivity contribution in [2.75, 3.05) is 31.1 Å². The lowest BCUT2D eigenvalue weighted by molar-refractivity contribution is 0.272. The third kappa shape index (κ3) is 3.66. The van der Waals surface area contributed by atoms with E-state index in [1.54, 1.807) is 6.92 Å². The molecule has 0 N–H and O–H groups in total. The molecule has 0 saturated carbocycles. The molecule has 0 atom stereocenters. The Bertz CT molecular complexity index is 720. The van der Waals surface area contributed by atoms with Gasteiger partial charge in [-0.3, -0.25) is 4.90 Å². The van der Waals surface area contributed by atoms with Gasteiger partial charge in [-0.1, -0.05) is 11.2 Å². The zero-order valence-electron chi connectivity index (χ0n) is 13.5. The number of rotatable bonds is 3. The van der Waals surface area contributed by atoms with Gasteiger partial charge in [0.1, 0.15) is 17.6 Å². The van der Waals surface area contributed by atoms with Gasteiger partial charge >= 0.3 is 0 Å². The number of aromatic nitrogens is 3. The highest BCUT2D eigenvalue weighted by Crippen LogP contribution is 2.17. The topological polar surface area (TPSA) is 82.1 Å². The summed E-state index contributed by atoms with van der Waals surface area (Å²) in [5.41, 5.74) is 1.42. The van der Waals surface area contributed by atoms with Crippen LogP contribution in [0.15, 0.2) is 16.7 Å². The Morgan fingerprint density at radius 3 is 2.78 bits per heavy atom. The van der Waals surface area contributed by atoms with Gasteiger partial charge in [0, 0.05) is 33.1 Å². The number of pyridine rings is 1. The maximum atomic E-state index is 9.14. The van der Waals surface area contributed by atoms with Crippen molar-refractivity contribution >= 4 is 5.82 Å². The van der Waals surface area contributed by atoms with Gasteiger partial charge < -0.3 is 9.42 Å². The number of anilines is 1. The fraction of sp³-hybridized carbons (Fsp3) is 0.500. The Balaban J connectivity index is 1.65. The van der Waals surface area contributed by atoms with E-state index in [1.807, 2.05) is 19.1 Å². The molecule has 2 aromatic rings. The van der Waals surface area contributed by atoms with Gasteiger partial charge in [0.15, 0.2) is 5.82 Å². The molecule has 7 heteroatoms. The summed E-state index contributed by atoms with van der Waals surface area (Å²) in [4.78, 5) is 13.3. The summed E-state index contributed by atoms with van der Waals surface area (Å²) in [5.74, 6) is 2.21. The quantitative estimate of drug-likeness (QED) is 0.852. The fourth-order valence-corrected chi connectivity index (χ4v) is 2.77. The molecule has 0 spiro atoms. The van der Waals surface area contributed by atoms with E-state index in [4.69, 9.17) is 9.78 Å². The number of hydrogen-bond donors (Lipinski definition) is 0. The third-order valence-corrected chi connectivity index (χ3v) is 4.04. The first kappa shape index (κ1) is 15.4. The van der Waals surface area contributed by atoms with Gasteiger partial charge in [0.05, 0.1) is 6.54 Å². The van der Waals surface area contributed by atoms with E-state index < -0.39 is 0 Å². The predicted octanol–water partition coefficient (Wildman–Crippen LogP) is 1.67. The summed E-state index contributed by atoms with van der Waals surface area (Å²) in [6.07, 6.45) is 1.04. The molecule has 0 aromatic carbocycles. The first-order chi connectivity index (χ1) is 11.2. The predicted molar refractivity (Wildman–Crippen MR) is 84.8 cm³/mol. The number of nitriles is 1. The molecular weight excluding hydrogens is 292 g/mol. The Morgan fingerprint density at radius 2 is 2.04 bits per heavy atom. The Hall–Kier alpha value is -2.46. The van der Waals surface area contributed by atoms with Crippen molar-refractivity contribution in [3.05, 3.63) is 35.1 Å². The summed E-state index contributed by atoms with van der Waals surface area (Å²) in [6.45, 7) is 8.12. The lowest BCUT2D eigenvalue weighted by atomic mass is 10.2. The van der Waals surface area contributed by atoms with Crippen molar-refractivity contribution in [2.45, 2.75) is 26.8 Å². The highest BCUT2D eigenvalue weighted by molar-refractivity contribution is 5.45. The van der Waals surface area contributed by atoms with Gasteiger partial charge in [-0.05, 0) is 25.0 Å². The van der Waals surface area contributed by atoms with Crippen LogP contribution in [0, 0.1) is 25.2 Å². The van der Waals surface area contributed by atoms with E-state index in [1.165, 1.54) is 0 Å². The standard InChI is InChI=1S/C16H20N6O/c1-12-4-5-16(19-14(12)10-17)22-7-3-6-21(8-9-22)11-15-18-13(2)23-20-15/h4-5H,3,6-9,11H2,1-2H3. The SMILES string of the molecule is Cc1nc(CN2CCCN(c3ccc(C)c(C#N)n3)CC2)no1. The molecular formula is C16H20N6O. The molecule has 1 aliphatic heterocycles. The zero-order chi connectivity index (χ0) is 16.2. The van der Waals surface area contributed by atoms with Gasteiger partial charge in [-0.25, -0.2) is 4.98 Å². The van der Waals surface area contributed by atoms with E-state index >= 15 is 0 Å². The molecule has 23 heavy (non-hydrogen) atoms. The van der Waals surface area contributed by atoms with Crippen LogP contribution in [0.3, 0.4) is 0 Å². The van der Waals surface area contributed by atoms with Crippen LogP contribution in [0.1, 0.15) is 29.4 Å². The van der Waals surface area contributed by atoms with Gasteiger partial charge in [0.2, 0.25) is 5.89 Å². The third-order valence-electron chi connectivity index (χ3n) is 4.04. The Kier molecular flexibility index (Phi) is 4.53. The molecule has 1 aliphatic rings. The molecule has 120 valence electrons. The Morgan fingerprint density at radius 1 is 1.17 bits per heavy atom. The maximum Gasteiger partial charge on any atom is 0.223 e. The molecule has 0 bridgehead atoms. The van der Waals surface area contributed by atoms with Crippen LogP contribution in [0.5, 0.6) is 0 Å². The van der Waals surface area contributed by atoms with Crippen LogP contribution in [-0.2, 0) is 6.54 Å². The average molecular weight is 312 g/mol. The molecule has 1 fully saturated rings. The molecule has 3 rings (SSSR count). The van der Waals surface area contributed by atoms with E-state index in [0.717, 1.165) is 49.8 Å². The summed E-state index contributed by atoms with van der Waals surface area (Å²) in [5, 5.41) is 13.1. The van der Waals surface area contributed by atoms with E-state index in [0.29, 0.717) is 18.1 Å². The molecule has 2 aromatic heterocycles. The molecule has 0 aliphatic carbocycles. The van der Waals surface area contributed by atoms with Crippen LogP contribution in [0.2, 0.25) is 0 Å². The van der Waals surface area contributed by atoms with Crippen molar-refractivity contribution in [2.24, 2.45) is 0 Å². The highest BCUT2D eigenvalue weighted by Gasteiger charge is 2.18. The number of hydrogen-bond acceptors (Lipinski definition) is 7. The molecule has 3 heterocycles. The second-order valence-electron chi connectivity index (χ2n) is 5.79. The number of aryl methyl sites for hydroxylation is 2. The fourth-order valence-electron chi connectivity index (χ4n) is 2.77. The first-order valence-corrected chi connectivity index (χ1v) is 7.80. The van der Waals surface area contributed by atoms with Crippen molar-refractivity contribution < 1.29 is 4.52 Å². The summed E-state index contributed by atoms with van der Waals surface area (Å²) in [7, 11) is 0. The second kappa shape index (κ2) is 6.75. The Labute approximate surface area is 135 Å². The smallest absolute Gasteiger partial charge is 0.223 e. The molecule has 7 nitrogen and oxygen atoms in total. The second-order valence-corrected chi connectivity index (χ2v) is 5.79. The monoisotopic (exact) mass is 312 g/mol. The maximum absolute atomic E-state index is 9.14. The van der Waals surface area contributed by atoms with Gasteiger partial charge in [0.25, 0.3) is 0 Å². The van der Waals surface area contributed by atoms with Crippen molar-refractivity contribution in [3.63, 3.8) is 0 Å². The van der Waals surface area contributed by atoms with E-state index in [-0.39, 0.29) is 0 Å². The van der Waals surface area contributed by atoms with Crippen molar-refractivity contribution in [1.82, 2.24) is 20.0 Å². The van der Waals surface area contributed by atoms with E-state index in [2.05, 4.69) is 31.0 Å². The molecule has 0 radical (unpaired) electrons. The van der Waals surface area contributed by atoms with Crippen molar-refractivity contribution in [3.8, 4) is 6.07 Å². The minimum absolute atomic E-state index is 0.505. The van der Waals surface area contributed by atoms with Gasteiger partial charge in [-0.15, -0.1) is 0 Å². The largest absolute Gasteiger partial charge is 0.355 e. The molecule has 0 unspecified atom stereocenters. The van der Waals surface area contributed by atoms with E-state index in [9.17, 15) is 0 Å². The van der Waals surface area contributed by atoms with Gasteiger partial charge in [-0.2, -0.15) is 10.2 Å². The molecule has 0 amide bonds. The van der Waals surface area contributed by atoms with Crippen LogP contribution >= 0.6 is 0 Å². The average Bonchev–Trinajstić information content (AvgIpc) is 2.81. The number of nitrogens with zero attached hydrogens (tertiary/aromatic N) is 6. The summed E-state index contributed by atoms with van der Waals surface area (Å²) in [6, 6.07) is 6.12. The first-order valence-electron chi connectivity index (χ1n) is 7.80. The summed E-state index contributed by atoms with van der Waals surface area (Å²) >= 11 is 0. The molecule has 1 saturated heterocycles. The normalized spacial score (nSPS) is 16.1. The lowest BCUT2D eigenvalue weighted by Crippen LogP contribution is -2.31. The minimum atomic E-state index is 0.505. The summed E-state index contributed by atoms with van der Waals surface area (Å²) < 4.78 is 5.03. The minimum Gasteiger partial charge on any atom is -0.355 e. The van der Waals surface area contributed by atoms with Crippen LogP contribution in [0.25, 0.3) is 0 Å².